The third-order valence-electron chi connectivity index (χ3n) is 18.5. The van der Waals surface area contributed by atoms with Crippen LogP contribution in [0.2, 0.25) is 0 Å². The van der Waals surface area contributed by atoms with Crippen molar-refractivity contribution in [3.05, 3.63) is 193 Å². The van der Waals surface area contributed by atoms with Gasteiger partial charge in [0.1, 0.15) is 11.6 Å². The van der Waals surface area contributed by atoms with Crippen molar-refractivity contribution >= 4 is 86.2 Å². The number of sulfonamides is 1. The topological polar surface area (TPSA) is 442 Å². The highest BCUT2D eigenvalue weighted by Gasteiger charge is 2.23. The van der Waals surface area contributed by atoms with E-state index in [1.807, 2.05) is 61.5 Å². The average Bonchev–Trinajstić information content (AvgIpc) is 1.64. The highest BCUT2D eigenvalue weighted by atomic mass is 32.2. The van der Waals surface area contributed by atoms with Gasteiger partial charge in [0.2, 0.25) is 63.5 Å². The van der Waals surface area contributed by atoms with Crippen LogP contribution in [0.3, 0.4) is 0 Å². The summed E-state index contributed by atoms with van der Waals surface area (Å²) in [5.41, 5.74) is 31.4. The van der Waals surface area contributed by atoms with Crippen LogP contribution in [0, 0.1) is 0 Å². The zero-order valence-electron chi connectivity index (χ0n) is 59.2. The fraction of sp³-hybridized carbons (Fsp3) is 0.306. The zero-order chi connectivity index (χ0) is 73.5. The van der Waals surface area contributed by atoms with Gasteiger partial charge in [-0.1, -0.05) is 55.5 Å². The van der Waals surface area contributed by atoms with Crippen molar-refractivity contribution in [2.75, 3.05) is 116 Å². The molecule has 2 unspecified atom stereocenters. The number of nitrogen functional groups attached to an aromatic ring is 4. The molecule has 0 spiro atoms. The number of rotatable bonds is 19. The molecule has 0 aliphatic carbocycles. The molecule has 0 amide bonds. The number of aromatic nitrogens is 16. The van der Waals surface area contributed by atoms with Gasteiger partial charge >= 0.3 is 0 Å². The lowest BCUT2D eigenvalue weighted by atomic mass is 9.89. The van der Waals surface area contributed by atoms with Crippen LogP contribution < -0.4 is 65.3 Å². The summed E-state index contributed by atoms with van der Waals surface area (Å²) in [4.78, 5) is 39.4. The van der Waals surface area contributed by atoms with Gasteiger partial charge in [0.25, 0.3) is 0 Å². The molecule has 12 heterocycles. The van der Waals surface area contributed by atoms with E-state index in [0.717, 1.165) is 75.8 Å². The van der Waals surface area contributed by atoms with E-state index in [1.165, 1.54) is 79.7 Å². The highest BCUT2D eigenvalue weighted by molar-refractivity contribution is 7.89. The summed E-state index contributed by atoms with van der Waals surface area (Å²) < 4.78 is 34.0. The van der Waals surface area contributed by atoms with Crippen molar-refractivity contribution < 1.29 is 12.8 Å². The number of furan rings is 1. The number of aryl methyl sites for hydroxylation is 1. The smallest absolute Gasteiger partial charge is 0.248 e. The Labute approximate surface area is 613 Å². The van der Waals surface area contributed by atoms with Gasteiger partial charge in [-0.05, 0) is 217 Å². The van der Waals surface area contributed by atoms with Crippen molar-refractivity contribution in [3.8, 4) is 23.3 Å². The second-order valence-corrected chi connectivity index (χ2v) is 27.7. The minimum absolute atomic E-state index is 0.0154. The molecule has 0 saturated carbocycles. The number of nitrogens with zero attached hydrogens (tertiary/aromatic N) is 18. The lowest BCUT2D eigenvalue weighted by Gasteiger charge is -2.29. The molecule has 2 atom stereocenters. The molecule has 4 aliphatic rings. The fourth-order valence-corrected chi connectivity index (χ4v) is 13.3. The minimum Gasteiger partial charge on any atom is -0.447 e. The lowest BCUT2D eigenvalue weighted by Crippen LogP contribution is -2.29. The fourth-order valence-electron chi connectivity index (χ4n) is 12.8. The van der Waals surface area contributed by atoms with Crippen LogP contribution in [0.1, 0.15) is 85.7 Å². The Morgan fingerprint density at radius 2 is 0.953 bits per heavy atom. The molecule has 4 aliphatic heterocycles. The molecule has 33 nitrogen and oxygen atoms in total. The van der Waals surface area contributed by atoms with E-state index in [0.29, 0.717) is 101 Å². The van der Waals surface area contributed by atoms with Crippen molar-refractivity contribution in [3.63, 3.8) is 0 Å². The van der Waals surface area contributed by atoms with Crippen LogP contribution in [0.5, 0.6) is 0 Å². The van der Waals surface area contributed by atoms with Crippen molar-refractivity contribution in [1.82, 2.24) is 99.4 Å². The van der Waals surface area contributed by atoms with Crippen LogP contribution in [0.4, 0.5) is 76.2 Å². The van der Waals surface area contributed by atoms with E-state index < -0.39 is 10.0 Å². The first kappa shape index (κ1) is 72.4. The number of likely N-dealkylation sites (tertiary alicyclic amines) is 2. The number of benzene rings is 4. The SMILES string of the molecule is CCc1nc(NC2CCNC2)cc(-n2nc(Nc3ccc(S(N)(=O)=O)cc3)nc2N)n1.CN1CCC(c2ccc(Nc3nc(N)n(-c4ccco4)n3)cc2)CC1.CN1CCC(c2cccc(Nc3nc(N)n(-c4ccccn4)n3)c2)CC1.Nc1nc(Nc2ccc(C3CCNC3)cc2)nn1-c1ccccn1. The third kappa shape index (κ3) is 18.9. The average molecular weight is 1450 g/mol. The largest absolute Gasteiger partial charge is 0.447 e. The Bertz CT molecular complexity index is 4890. The van der Waals surface area contributed by atoms with Gasteiger partial charge in [0, 0.05) is 72.8 Å². The van der Waals surface area contributed by atoms with E-state index in [4.69, 9.17) is 32.5 Å². The van der Waals surface area contributed by atoms with Crippen LogP contribution in [-0.4, -0.2) is 170 Å². The van der Waals surface area contributed by atoms with E-state index in [2.05, 4.69) is 176 Å². The summed E-state index contributed by atoms with van der Waals surface area (Å²) in [5.74, 6) is 8.19. The molecule has 4 fully saturated rings. The quantitative estimate of drug-likeness (QED) is 0.0362. The third-order valence-corrected chi connectivity index (χ3v) is 19.4. The summed E-state index contributed by atoms with van der Waals surface area (Å²) in [7, 11) is 0.609. The number of primary sulfonamides is 1. The maximum absolute atomic E-state index is 11.4. The predicted octanol–water partition coefficient (Wildman–Crippen LogP) is 8.22. The molecule has 16 rings (SSSR count). The van der Waals surface area contributed by atoms with Crippen LogP contribution >= 0.6 is 0 Å². The second-order valence-electron chi connectivity index (χ2n) is 26.1. The zero-order valence-corrected chi connectivity index (χ0v) is 60.0. The minimum atomic E-state index is -3.76. The Balaban J connectivity index is 0.000000126. The maximum atomic E-state index is 11.4. The molecule has 12 aromatic rings. The maximum Gasteiger partial charge on any atom is 0.248 e. The monoisotopic (exact) mass is 1450 g/mol. The molecular weight excluding hydrogens is 1370 g/mol. The summed E-state index contributed by atoms with van der Waals surface area (Å²) in [6.45, 7) is 10.6. The molecular formula is C72H88N30O3S. The molecule has 4 saturated heterocycles. The number of nitrogens with two attached hydrogens (primary N) is 5. The summed E-state index contributed by atoms with van der Waals surface area (Å²) in [6, 6.07) is 48.1. The molecule has 0 radical (unpaired) electrons. The Morgan fingerprint density at radius 3 is 1.42 bits per heavy atom. The first-order valence-electron chi connectivity index (χ1n) is 35.2. The lowest BCUT2D eigenvalue weighted by molar-refractivity contribution is 0.255. The first-order valence-corrected chi connectivity index (χ1v) is 36.7. The van der Waals surface area contributed by atoms with Gasteiger partial charge in [-0.2, -0.15) is 38.7 Å². The van der Waals surface area contributed by atoms with E-state index in [1.54, 1.807) is 49.0 Å². The normalized spacial score (nSPS) is 16.4. The van der Waals surface area contributed by atoms with Gasteiger partial charge in [-0.15, -0.1) is 20.4 Å². The van der Waals surface area contributed by atoms with Crippen molar-refractivity contribution in [2.45, 2.75) is 80.6 Å². The molecule has 8 aromatic heterocycles. The van der Waals surface area contributed by atoms with Gasteiger partial charge in [0.05, 0.1) is 11.2 Å². The van der Waals surface area contributed by atoms with E-state index >= 15 is 0 Å². The Hall–Kier alpha value is -12.0. The standard InChI is InChI=1S/C19H23N7.C18H24N10O2S.C18H22N6O.C17H19N7/c1-25-11-8-14(9-12-25)15-5-4-6-16(13-15)22-19-23-18(20)26(24-19)17-7-2-3-10-21-17;1-2-14-24-15(22-12-7-8-21-10-12)9-16(25-14)28-17(19)26-18(27-28)23-11-3-5-13(6-4-11)31(20,29)30;1-23-10-8-14(9-11-23)13-4-6-15(7-5-13)20-18-21-17(19)24(22-18)16-3-2-12-25-16;18-16-22-17(23-24(16)15-3-1-2-9-20-15)21-14-6-4-12(5-7-14)13-8-10-19-11-13/h2-7,10,13-14H,8-9,11-12H2,1H3,(H3,20,22,23,24);3-6,9,12,21H,2,7-8,10H2,1H3,(H2,20,29,30)(H,22,24,25)(H3,19,23,26,27);2-7,12,14H,8-11H2,1H3,(H3,19,20,21,22);1-7,9,13,19H,8,10-11H2,(H3,18,21,22,23). The number of hydrogen-bond donors (Lipinski definition) is 12. The van der Waals surface area contributed by atoms with Crippen LogP contribution in [0.25, 0.3) is 23.3 Å². The molecule has 550 valence electrons. The summed E-state index contributed by atoms with van der Waals surface area (Å²) in [6.07, 6.45) is 12.7. The van der Waals surface area contributed by atoms with Gasteiger partial charge < -0.3 is 74.4 Å². The van der Waals surface area contributed by atoms with Crippen molar-refractivity contribution in [1.29, 1.82) is 0 Å². The van der Waals surface area contributed by atoms with E-state index in [9.17, 15) is 8.42 Å². The molecule has 0 bridgehead atoms. The highest BCUT2D eigenvalue weighted by Crippen LogP contribution is 2.32. The van der Waals surface area contributed by atoms with Crippen molar-refractivity contribution in [2.24, 2.45) is 5.14 Å². The Morgan fingerprint density at radius 1 is 0.472 bits per heavy atom. The van der Waals surface area contributed by atoms with Gasteiger partial charge in [-0.25, -0.2) is 33.5 Å². The van der Waals surface area contributed by atoms with Gasteiger partial charge in [-0.3, -0.25) is 0 Å². The number of anilines is 13. The number of hydrogen-bond acceptors (Lipinski definition) is 28. The van der Waals surface area contributed by atoms with Crippen LogP contribution in [0.15, 0.2) is 180 Å². The summed E-state index contributed by atoms with van der Waals surface area (Å²) in [5, 5.41) is 45.4. The van der Waals surface area contributed by atoms with E-state index in [-0.39, 0.29) is 22.7 Å². The number of pyridine rings is 2. The number of piperidine rings is 2. The second kappa shape index (κ2) is 33.7. The predicted molar refractivity (Wildman–Crippen MR) is 410 cm³/mol. The van der Waals surface area contributed by atoms with Crippen LogP contribution in [-0.2, 0) is 16.4 Å². The molecule has 34 heteroatoms. The number of nitrogens with one attached hydrogen (secondary N) is 7. The molecule has 17 N–H and O–H groups in total. The van der Waals surface area contributed by atoms with Gasteiger partial charge in [0.15, 0.2) is 17.5 Å². The Kier molecular flexibility index (Phi) is 23.0. The molecule has 106 heavy (non-hydrogen) atoms. The first-order chi connectivity index (χ1) is 51.5. The molecule has 4 aromatic carbocycles. The summed E-state index contributed by atoms with van der Waals surface area (Å²) >= 11 is 0.